The molecule has 0 radical (unpaired) electrons. The standard InChI is InChI=1S/C18H29BrN2/c1-3-5-11-21(17-8-9-17)14-16-7-6-15(12-18(16)19)13-20-10-4-2/h6-7,12,17,20H,3-5,8-11,13-14H2,1-2H3. The zero-order valence-electron chi connectivity index (χ0n) is 13.5. The summed E-state index contributed by atoms with van der Waals surface area (Å²) in [6, 6.07) is 7.69. The van der Waals surface area contributed by atoms with Crippen LogP contribution in [0.2, 0.25) is 0 Å². The predicted molar refractivity (Wildman–Crippen MR) is 94.5 cm³/mol. The summed E-state index contributed by atoms with van der Waals surface area (Å²) in [7, 11) is 0. The highest BCUT2D eigenvalue weighted by molar-refractivity contribution is 9.10. The number of rotatable bonds is 10. The molecule has 118 valence electrons. The maximum atomic E-state index is 3.77. The maximum Gasteiger partial charge on any atom is 0.0247 e. The molecule has 1 aliphatic rings. The van der Waals surface area contributed by atoms with Crippen LogP contribution in [-0.4, -0.2) is 24.0 Å². The lowest BCUT2D eigenvalue weighted by atomic mass is 10.1. The normalized spacial score (nSPS) is 14.9. The van der Waals surface area contributed by atoms with Crippen LogP contribution in [-0.2, 0) is 13.1 Å². The SMILES string of the molecule is CCCCN(Cc1ccc(CNCCC)cc1Br)C1CC1. The van der Waals surface area contributed by atoms with E-state index in [1.54, 1.807) is 0 Å². The van der Waals surface area contributed by atoms with Gasteiger partial charge >= 0.3 is 0 Å². The molecule has 0 aliphatic heterocycles. The summed E-state index contributed by atoms with van der Waals surface area (Å²) in [6.45, 7) is 8.87. The second-order valence-electron chi connectivity index (χ2n) is 6.16. The van der Waals surface area contributed by atoms with Crippen LogP contribution in [0.5, 0.6) is 0 Å². The van der Waals surface area contributed by atoms with Crippen LogP contribution < -0.4 is 5.32 Å². The van der Waals surface area contributed by atoms with Gasteiger partial charge in [0.05, 0.1) is 0 Å². The summed E-state index contributed by atoms with van der Waals surface area (Å²) in [5.74, 6) is 0. The molecule has 2 nitrogen and oxygen atoms in total. The number of nitrogens with one attached hydrogen (secondary N) is 1. The first-order valence-electron chi connectivity index (χ1n) is 8.46. The largest absolute Gasteiger partial charge is 0.313 e. The van der Waals surface area contributed by atoms with E-state index in [4.69, 9.17) is 0 Å². The van der Waals surface area contributed by atoms with Crippen molar-refractivity contribution in [1.29, 1.82) is 0 Å². The first-order valence-corrected chi connectivity index (χ1v) is 9.26. The molecule has 1 saturated carbocycles. The second-order valence-corrected chi connectivity index (χ2v) is 7.01. The third kappa shape index (κ3) is 5.72. The van der Waals surface area contributed by atoms with Gasteiger partial charge in [-0.3, -0.25) is 4.90 Å². The van der Waals surface area contributed by atoms with Gasteiger partial charge in [0.25, 0.3) is 0 Å². The Bertz CT molecular complexity index is 429. The number of halogens is 1. The second kappa shape index (κ2) is 8.92. The lowest BCUT2D eigenvalue weighted by Crippen LogP contribution is -2.26. The highest BCUT2D eigenvalue weighted by atomic mass is 79.9. The minimum Gasteiger partial charge on any atom is -0.313 e. The van der Waals surface area contributed by atoms with Gasteiger partial charge in [-0.15, -0.1) is 0 Å². The number of hydrogen-bond donors (Lipinski definition) is 1. The summed E-state index contributed by atoms with van der Waals surface area (Å²) in [6.07, 6.45) is 6.56. The average Bonchev–Trinajstić information content (AvgIpc) is 3.30. The van der Waals surface area contributed by atoms with Gasteiger partial charge < -0.3 is 5.32 Å². The lowest BCUT2D eigenvalue weighted by molar-refractivity contribution is 0.250. The van der Waals surface area contributed by atoms with Crippen LogP contribution in [0.1, 0.15) is 57.1 Å². The Morgan fingerprint density at radius 2 is 2.05 bits per heavy atom. The molecule has 1 aliphatic carbocycles. The Labute approximate surface area is 138 Å². The molecular formula is C18H29BrN2. The summed E-state index contributed by atoms with van der Waals surface area (Å²) in [5.41, 5.74) is 2.79. The zero-order valence-corrected chi connectivity index (χ0v) is 15.1. The monoisotopic (exact) mass is 352 g/mol. The van der Waals surface area contributed by atoms with Crippen LogP contribution in [0.3, 0.4) is 0 Å². The fourth-order valence-electron chi connectivity index (χ4n) is 2.65. The van der Waals surface area contributed by atoms with Crippen molar-refractivity contribution >= 4 is 15.9 Å². The van der Waals surface area contributed by atoms with E-state index in [1.807, 2.05) is 0 Å². The summed E-state index contributed by atoms with van der Waals surface area (Å²) in [4.78, 5) is 2.67. The van der Waals surface area contributed by atoms with Crippen LogP contribution in [0.25, 0.3) is 0 Å². The molecule has 0 heterocycles. The molecule has 1 aromatic rings. The minimum absolute atomic E-state index is 0.842. The number of nitrogens with zero attached hydrogens (tertiary/aromatic N) is 1. The maximum absolute atomic E-state index is 3.77. The van der Waals surface area contributed by atoms with Crippen molar-refractivity contribution in [2.45, 2.75) is 65.1 Å². The average molecular weight is 353 g/mol. The zero-order chi connectivity index (χ0) is 15.1. The third-order valence-corrected chi connectivity index (χ3v) is 4.85. The fourth-order valence-corrected chi connectivity index (χ4v) is 3.20. The Balaban J connectivity index is 1.92. The van der Waals surface area contributed by atoms with Crippen molar-refractivity contribution in [3.63, 3.8) is 0 Å². The van der Waals surface area contributed by atoms with E-state index in [1.165, 1.54) is 54.2 Å². The van der Waals surface area contributed by atoms with E-state index < -0.39 is 0 Å². The first kappa shape index (κ1) is 17.0. The van der Waals surface area contributed by atoms with Crippen molar-refractivity contribution in [1.82, 2.24) is 10.2 Å². The third-order valence-electron chi connectivity index (χ3n) is 4.11. The van der Waals surface area contributed by atoms with E-state index in [-0.39, 0.29) is 0 Å². The molecule has 21 heavy (non-hydrogen) atoms. The van der Waals surface area contributed by atoms with Gasteiger partial charge in [-0.25, -0.2) is 0 Å². The Morgan fingerprint density at radius 3 is 2.67 bits per heavy atom. The molecule has 0 saturated heterocycles. The highest BCUT2D eigenvalue weighted by Gasteiger charge is 2.28. The lowest BCUT2D eigenvalue weighted by Gasteiger charge is -2.22. The molecule has 1 fully saturated rings. The van der Waals surface area contributed by atoms with Crippen molar-refractivity contribution < 1.29 is 0 Å². The van der Waals surface area contributed by atoms with E-state index in [2.05, 4.69) is 58.2 Å². The van der Waals surface area contributed by atoms with Gasteiger partial charge in [0.1, 0.15) is 0 Å². The molecule has 2 rings (SSSR count). The van der Waals surface area contributed by atoms with E-state index in [0.29, 0.717) is 0 Å². The summed E-state index contributed by atoms with van der Waals surface area (Å²) in [5, 5.41) is 3.46. The van der Waals surface area contributed by atoms with Crippen molar-refractivity contribution in [2.75, 3.05) is 13.1 Å². The molecule has 0 amide bonds. The fraction of sp³-hybridized carbons (Fsp3) is 0.667. The highest BCUT2D eigenvalue weighted by Crippen LogP contribution is 2.30. The number of hydrogen-bond acceptors (Lipinski definition) is 2. The van der Waals surface area contributed by atoms with E-state index in [0.717, 1.165) is 25.7 Å². The molecule has 1 N–H and O–H groups in total. The molecule has 1 aromatic carbocycles. The predicted octanol–water partition coefficient (Wildman–Crippen LogP) is 4.71. The molecule has 0 unspecified atom stereocenters. The molecular weight excluding hydrogens is 324 g/mol. The molecule has 0 spiro atoms. The van der Waals surface area contributed by atoms with Crippen LogP contribution in [0.15, 0.2) is 22.7 Å². The van der Waals surface area contributed by atoms with E-state index in [9.17, 15) is 0 Å². The Morgan fingerprint density at radius 1 is 1.24 bits per heavy atom. The van der Waals surface area contributed by atoms with Crippen molar-refractivity contribution in [2.24, 2.45) is 0 Å². The smallest absolute Gasteiger partial charge is 0.0247 e. The van der Waals surface area contributed by atoms with Crippen molar-refractivity contribution in [3.8, 4) is 0 Å². The topological polar surface area (TPSA) is 15.3 Å². The van der Waals surface area contributed by atoms with Gasteiger partial charge in [0.15, 0.2) is 0 Å². The van der Waals surface area contributed by atoms with Crippen molar-refractivity contribution in [3.05, 3.63) is 33.8 Å². The van der Waals surface area contributed by atoms with Crippen LogP contribution in [0.4, 0.5) is 0 Å². The Hall–Kier alpha value is -0.380. The Kier molecular flexibility index (Phi) is 7.21. The molecule has 0 aromatic heterocycles. The molecule has 0 atom stereocenters. The van der Waals surface area contributed by atoms with Crippen LogP contribution >= 0.6 is 15.9 Å². The number of unbranched alkanes of at least 4 members (excludes halogenated alkanes) is 1. The summed E-state index contributed by atoms with van der Waals surface area (Å²) >= 11 is 3.77. The molecule has 3 heteroatoms. The van der Waals surface area contributed by atoms with Gasteiger partial charge in [-0.1, -0.05) is 48.3 Å². The number of benzene rings is 1. The minimum atomic E-state index is 0.842. The van der Waals surface area contributed by atoms with Crippen LogP contribution in [0, 0.1) is 0 Å². The van der Waals surface area contributed by atoms with Gasteiger partial charge in [-0.2, -0.15) is 0 Å². The van der Waals surface area contributed by atoms with Gasteiger partial charge in [0, 0.05) is 23.6 Å². The quantitative estimate of drug-likeness (QED) is 0.613. The molecule has 0 bridgehead atoms. The first-order chi connectivity index (χ1) is 10.2. The van der Waals surface area contributed by atoms with Gasteiger partial charge in [-0.05, 0) is 56.0 Å². The summed E-state index contributed by atoms with van der Waals surface area (Å²) < 4.78 is 1.26. The van der Waals surface area contributed by atoms with E-state index >= 15 is 0 Å². The van der Waals surface area contributed by atoms with Gasteiger partial charge in [0.2, 0.25) is 0 Å².